The van der Waals surface area contributed by atoms with Crippen molar-refractivity contribution in [1.29, 1.82) is 0 Å². The minimum absolute atomic E-state index is 0.109. The summed E-state index contributed by atoms with van der Waals surface area (Å²) in [4.78, 5) is 23.7. The highest BCUT2D eigenvalue weighted by Crippen LogP contribution is 2.40. The van der Waals surface area contributed by atoms with Crippen LogP contribution in [0.3, 0.4) is 0 Å². The first-order valence-electron chi connectivity index (χ1n) is 9.06. The van der Waals surface area contributed by atoms with Gasteiger partial charge in [-0.3, -0.25) is 4.98 Å². The van der Waals surface area contributed by atoms with Crippen molar-refractivity contribution in [3.63, 3.8) is 0 Å². The van der Waals surface area contributed by atoms with Crippen LogP contribution in [0.5, 0.6) is 5.75 Å². The lowest BCUT2D eigenvalue weighted by Crippen LogP contribution is -2.09. The Labute approximate surface area is 177 Å². The van der Waals surface area contributed by atoms with Gasteiger partial charge in [0.15, 0.2) is 0 Å². The summed E-state index contributed by atoms with van der Waals surface area (Å²) in [6, 6.07) is 12.0. The monoisotopic (exact) mass is 423 g/mol. The Morgan fingerprint density at radius 2 is 2.03 bits per heavy atom. The number of aromatic nitrogens is 3. The van der Waals surface area contributed by atoms with Gasteiger partial charge in [-0.05, 0) is 36.4 Å². The lowest BCUT2D eigenvalue weighted by Gasteiger charge is -2.14. The molecule has 2 N–H and O–H groups in total. The number of carbonyl (C=O) groups excluding carboxylic acids is 1. The first kappa shape index (κ1) is 19.9. The number of hydrogen-bond acceptors (Lipinski definition) is 6. The third-order valence-corrected chi connectivity index (χ3v) is 5.08. The van der Waals surface area contributed by atoms with E-state index in [2.05, 4.69) is 15.0 Å². The number of nitrogens with zero attached hydrogens (tertiary/aromatic N) is 2. The standard InChI is InChI=1S/C22H18ClN3O4/c1-29-18-9-13-17(10-14(18)23)26-20(12-5-4-8-24-11-12)19(13)21(27)15-6-3-7-16(25-15)22(28)30-2/h3-11,21,26-27H,1-2H3. The molecule has 4 rings (SSSR count). The number of aromatic amines is 1. The smallest absolute Gasteiger partial charge is 0.356 e. The van der Waals surface area contributed by atoms with Gasteiger partial charge in [-0.1, -0.05) is 17.7 Å². The van der Waals surface area contributed by atoms with E-state index in [0.29, 0.717) is 33.1 Å². The zero-order valence-electron chi connectivity index (χ0n) is 16.2. The number of halogens is 1. The molecule has 1 unspecified atom stereocenters. The summed E-state index contributed by atoms with van der Waals surface area (Å²) in [5.74, 6) is -0.102. The molecule has 3 heterocycles. The molecular weight excluding hydrogens is 406 g/mol. The van der Waals surface area contributed by atoms with Crippen LogP contribution in [-0.2, 0) is 4.74 Å². The lowest BCUT2D eigenvalue weighted by molar-refractivity contribution is 0.0593. The second kappa shape index (κ2) is 8.14. The molecule has 30 heavy (non-hydrogen) atoms. The Balaban J connectivity index is 1.95. The summed E-state index contributed by atoms with van der Waals surface area (Å²) in [6.07, 6.45) is 2.23. The number of carbonyl (C=O) groups is 1. The van der Waals surface area contributed by atoms with Gasteiger partial charge in [0.05, 0.1) is 30.6 Å². The van der Waals surface area contributed by atoms with Gasteiger partial charge in [0.1, 0.15) is 17.5 Å². The molecule has 0 saturated heterocycles. The molecule has 3 aromatic heterocycles. The van der Waals surface area contributed by atoms with Gasteiger partial charge < -0.3 is 19.6 Å². The predicted octanol–water partition coefficient (Wildman–Crippen LogP) is 4.16. The van der Waals surface area contributed by atoms with E-state index in [1.807, 2.05) is 6.07 Å². The van der Waals surface area contributed by atoms with Gasteiger partial charge in [0.2, 0.25) is 0 Å². The number of aliphatic hydroxyl groups excluding tert-OH is 1. The van der Waals surface area contributed by atoms with Crippen molar-refractivity contribution in [3.05, 3.63) is 76.8 Å². The molecule has 0 saturated carbocycles. The van der Waals surface area contributed by atoms with Crippen molar-refractivity contribution in [1.82, 2.24) is 15.0 Å². The fourth-order valence-corrected chi connectivity index (χ4v) is 3.61. The van der Waals surface area contributed by atoms with Crippen LogP contribution >= 0.6 is 11.6 Å². The molecule has 7 nitrogen and oxygen atoms in total. The van der Waals surface area contributed by atoms with E-state index in [4.69, 9.17) is 21.1 Å². The van der Waals surface area contributed by atoms with Gasteiger partial charge >= 0.3 is 5.97 Å². The van der Waals surface area contributed by atoms with Crippen LogP contribution in [0.15, 0.2) is 54.9 Å². The highest BCUT2D eigenvalue weighted by atomic mass is 35.5. The molecule has 152 valence electrons. The Morgan fingerprint density at radius 3 is 2.73 bits per heavy atom. The fraction of sp³-hybridized carbons (Fsp3) is 0.136. The molecule has 1 atom stereocenters. The number of ether oxygens (including phenoxy) is 2. The summed E-state index contributed by atoms with van der Waals surface area (Å²) in [5, 5.41) is 12.5. The van der Waals surface area contributed by atoms with Gasteiger partial charge in [0.25, 0.3) is 0 Å². The van der Waals surface area contributed by atoms with Crippen molar-refractivity contribution in [3.8, 4) is 17.0 Å². The number of aliphatic hydroxyl groups is 1. The molecular formula is C22H18ClN3O4. The Morgan fingerprint density at radius 1 is 1.20 bits per heavy atom. The maximum absolute atomic E-state index is 11.9. The highest BCUT2D eigenvalue weighted by molar-refractivity contribution is 6.32. The molecule has 1 aromatic carbocycles. The summed E-state index contributed by atoms with van der Waals surface area (Å²) >= 11 is 6.30. The number of methoxy groups -OCH3 is 2. The van der Waals surface area contributed by atoms with E-state index in [9.17, 15) is 9.90 Å². The van der Waals surface area contributed by atoms with E-state index < -0.39 is 12.1 Å². The Hall–Kier alpha value is -3.42. The summed E-state index contributed by atoms with van der Waals surface area (Å²) < 4.78 is 10.1. The maximum Gasteiger partial charge on any atom is 0.356 e. The summed E-state index contributed by atoms with van der Waals surface area (Å²) in [6.45, 7) is 0. The van der Waals surface area contributed by atoms with Crippen molar-refractivity contribution < 1.29 is 19.4 Å². The topological polar surface area (TPSA) is 97.3 Å². The number of fused-ring (bicyclic) bond motifs is 1. The Kier molecular flexibility index (Phi) is 5.39. The molecule has 0 fully saturated rings. The zero-order valence-corrected chi connectivity index (χ0v) is 17.0. The van der Waals surface area contributed by atoms with Gasteiger partial charge in [-0.15, -0.1) is 0 Å². The average molecular weight is 424 g/mol. The van der Waals surface area contributed by atoms with Gasteiger partial charge in [0, 0.05) is 34.4 Å². The van der Waals surface area contributed by atoms with Gasteiger partial charge in [-0.2, -0.15) is 0 Å². The van der Waals surface area contributed by atoms with Gasteiger partial charge in [-0.25, -0.2) is 9.78 Å². The number of nitrogens with one attached hydrogen (secondary N) is 1. The van der Waals surface area contributed by atoms with Crippen LogP contribution in [0.4, 0.5) is 0 Å². The minimum atomic E-state index is -1.13. The number of rotatable bonds is 5. The number of hydrogen-bond donors (Lipinski definition) is 2. The van der Waals surface area contributed by atoms with Crippen LogP contribution < -0.4 is 4.74 Å². The van der Waals surface area contributed by atoms with Crippen molar-refractivity contribution >= 4 is 28.5 Å². The van der Waals surface area contributed by atoms with Crippen LogP contribution in [0.2, 0.25) is 5.02 Å². The molecule has 8 heteroatoms. The first-order valence-corrected chi connectivity index (χ1v) is 9.44. The summed E-state index contributed by atoms with van der Waals surface area (Å²) in [5.41, 5.74) is 3.15. The second-order valence-corrected chi connectivity index (χ2v) is 6.94. The molecule has 0 spiro atoms. The van der Waals surface area contributed by atoms with Crippen molar-refractivity contribution in [2.75, 3.05) is 14.2 Å². The van der Waals surface area contributed by atoms with E-state index in [1.54, 1.807) is 42.7 Å². The summed E-state index contributed by atoms with van der Waals surface area (Å²) in [7, 11) is 2.81. The molecule has 0 aliphatic heterocycles. The fourth-order valence-electron chi connectivity index (χ4n) is 3.36. The van der Waals surface area contributed by atoms with E-state index in [1.165, 1.54) is 20.3 Å². The van der Waals surface area contributed by atoms with Crippen LogP contribution in [-0.4, -0.2) is 40.2 Å². The SMILES string of the molecule is COC(=O)c1cccc(C(O)c2c(-c3cccnc3)[nH]c3cc(Cl)c(OC)cc23)n1. The minimum Gasteiger partial charge on any atom is -0.495 e. The predicted molar refractivity (Wildman–Crippen MR) is 113 cm³/mol. The zero-order chi connectivity index (χ0) is 21.3. The van der Waals surface area contributed by atoms with E-state index in [-0.39, 0.29) is 5.69 Å². The number of benzene rings is 1. The third-order valence-electron chi connectivity index (χ3n) is 4.78. The van der Waals surface area contributed by atoms with Crippen molar-refractivity contribution in [2.24, 2.45) is 0 Å². The third kappa shape index (κ3) is 3.49. The van der Waals surface area contributed by atoms with Crippen LogP contribution in [0.1, 0.15) is 27.8 Å². The van der Waals surface area contributed by atoms with E-state index in [0.717, 1.165) is 11.1 Å². The number of pyridine rings is 2. The molecule has 0 aliphatic carbocycles. The lowest BCUT2D eigenvalue weighted by atomic mass is 9.98. The second-order valence-electron chi connectivity index (χ2n) is 6.53. The quantitative estimate of drug-likeness (QED) is 0.468. The molecule has 0 radical (unpaired) electrons. The highest BCUT2D eigenvalue weighted by Gasteiger charge is 2.24. The van der Waals surface area contributed by atoms with Crippen molar-refractivity contribution in [2.45, 2.75) is 6.10 Å². The maximum atomic E-state index is 11.9. The molecule has 4 aromatic rings. The van der Waals surface area contributed by atoms with Crippen LogP contribution in [0.25, 0.3) is 22.2 Å². The average Bonchev–Trinajstić information content (AvgIpc) is 3.16. The molecule has 0 aliphatic rings. The molecule has 0 amide bonds. The number of H-pyrrole nitrogens is 1. The van der Waals surface area contributed by atoms with E-state index >= 15 is 0 Å². The first-order chi connectivity index (χ1) is 14.5. The Bertz CT molecular complexity index is 1220. The number of esters is 1. The van der Waals surface area contributed by atoms with Crippen LogP contribution in [0, 0.1) is 0 Å². The molecule has 0 bridgehead atoms. The normalized spacial score (nSPS) is 12.0. The largest absolute Gasteiger partial charge is 0.495 e.